The van der Waals surface area contributed by atoms with Crippen molar-refractivity contribution in [3.63, 3.8) is 0 Å². The zero-order valence-corrected chi connectivity index (χ0v) is 25.4. The first-order chi connectivity index (χ1) is 19.3. The van der Waals surface area contributed by atoms with Crippen LogP contribution >= 0.6 is 12.6 Å². The fourth-order valence-electron chi connectivity index (χ4n) is 3.30. The molecular weight excluding hydrogens is 715 g/mol. The molecule has 0 aromatic rings. The van der Waals surface area contributed by atoms with Gasteiger partial charge in [0.2, 0.25) is 0 Å². The number of halogens is 17. The molecule has 0 aliphatic carbocycles. The fourth-order valence-corrected chi connectivity index (χ4v) is 4.40. The van der Waals surface area contributed by atoms with E-state index in [9.17, 15) is 87.8 Å². The Bertz CT molecular complexity index is 1100. The molecule has 0 amide bonds. The SMILES string of the molecule is CCCCC(S)(CCCC)C(=O)C(C)(C)C.O=S(=O)(O)C(F)(F)C(F)(F)C(F)(F)C(F)(F)C(F)(F)C(F)(F)C(F)(F)C(F)(F)F. The third-order valence-electron chi connectivity index (χ3n) is 6.01. The van der Waals surface area contributed by atoms with E-state index in [1.165, 1.54) is 0 Å². The van der Waals surface area contributed by atoms with Crippen LogP contribution in [0.5, 0.6) is 0 Å². The Labute approximate surface area is 251 Å². The number of unbranched alkanes of at least 4 members (excludes halogenated alkanes) is 2. The number of hydrogen-bond acceptors (Lipinski definition) is 4. The largest absolute Gasteiger partial charge is 0.460 e. The van der Waals surface area contributed by atoms with Crippen LogP contribution in [0.1, 0.15) is 73.1 Å². The van der Waals surface area contributed by atoms with Gasteiger partial charge in [0.25, 0.3) is 0 Å². The van der Waals surface area contributed by atoms with Gasteiger partial charge in [-0.3, -0.25) is 9.35 Å². The summed E-state index contributed by atoms with van der Waals surface area (Å²) in [5.41, 5.74) is -0.275. The summed E-state index contributed by atoms with van der Waals surface area (Å²) in [6, 6.07) is 0. The number of alkyl halides is 17. The maximum absolute atomic E-state index is 13.0. The molecule has 0 spiro atoms. The van der Waals surface area contributed by atoms with Crippen LogP contribution < -0.4 is 0 Å². The van der Waals surface area contributed by atoms with Crippen molar-refractivity contribution in [1.82, 2.24) is 0 Å². The topological polar surface area (TPSA) is 71.4 Å². The Morgan fingerprint density at radius 1 is 0.578 bits per heavy atom. The molecule has 0 aromatic heterocycles. The van der Waals surface area contributed by atoms with E-state index in [0.717, 1.165) is 38.5 Å². The lowest BCUT2D eigenvalue weighted by Crippen LogP contribution is -2.74. The van der Waals surface area contributed by atoms with Crippen LogP contribution in [0, 0.1) is 5.41 Å². The zero-order chi connectivity index (χ0) is 37.3. The third kappa shape index (κ3) is 8.25. The highest BCUT2D eigenvalue weighted by Gasteiger charge is 2.96. The molecule has 0 fully saturated rings. The lowest BCUT2D eigenvalue weighted by molar-refractivity contribution is -0.458. The number of rotatable bonds is 14. The molecule has 0 atom stereocenters. The molecule has 0 bridgehead atoms. The normalized spacial score (nSPS) is 15.5. The van der Waals surface area contributed by atoms with Gasteiger partial charge in [0, 0.05) is 5.41 Å². The summed E-state index contributed by atoms with van der Waals surface area (Å²) in [5.74, 6) is -51.7. The average Bonchev–Trinajstić information content (AvgIpc) is 2.83. The molecule has 272 valence electrons. The third-order valence-corrected chi connectivity index (χ3v) is 7.56. The van der Waals surface area contributed by atoms with Crippen molar-refractivity contribution in [3.05, 3.63) is 0 Å². The molecule has 0 saturated heterocycles. The van der Waals surface area contributed by atoms with Gasteiger partial charge in [-0.05, 0) is 12.8 Å². The monoisotopic (exact) mass is 744 g/mol. The highest BCUT2D eigenvalue weighted by Crippen LogP contribution is 2.64. The smallest absolute Gasteiger partial charge is 0.298 e. The standard InChI is InChI=1S/C14H28OS.C8HF17O3S/c1-6-8-10-14(16,11-9-7-2)12(15)13(3,4)5;9-1(10,3(13,14)5(17,18)7(21,22)23)2(11,12)4(15,16)6(19,20)8(24,25)29(26,27)28/h16H,6-11H2,1-5H3;(H,26,27,28). The lowest BCUT2D eigenvalue weighted by atomic mass is 9.78. The van der Waals surface area contributed by atoms with Crippen molar-refractivity contribution in [2.24, 2.45) is 5.41 Å². The molecule has 0 radical (unpaired) electrons. The predicted octanol–water partition coefficient (Wildman–Crippen LogP) is 9.49. The minimum absolute atomic E-state index is 0.275. The molecule has 0 unspecified atom stereocenters. The van der Waals surface area contributed by atoms with E-state index >= 15 is 0 Å². The molecule has 0 rings (SSSR count). The summed E-state index contributed by atoms with van der Waals surface area (Å²) in [4.78, 5) is 12.4. The first kappa shape index (κ1) is 45.9. The van der Waals surface area contributed by atoms with Gasteiger partial charge < -0.3 is 0 Å². The van der Waals surface area contributed by atoms with Gasteiger partial charge in [-0.2, -0.15) is 95.7 Å². The van der Waals surface area contributed by atoms with Crippen LogP contribution in [0.4, 0.5) is 74.6 Å². The summed E-state index contributed by atoms with van der Waals surface area (Å²) in [6.07, 6.45) is -1.60. The van der Waals surface area contributed by atoms with Crippen LogP contribution in [-0.4, -0.2) is 70.5 Å². The van der Waals surface area contributed by atoms with Crippen LogP contribution in [-0.2, 0) is 14.9 Å². The van der Waals surface area contributed by atoms with Gasteiger partial charge in [0.1, 0.15) is 0 Å². The fraction of sp³-hybridized carbons (Fsp3) is 0.955. The molecule has 1 N–H and O–H groups in total. The summed E-state index contributed by atoms with van der Waals surface area (Å²) in [5, 5.41) is -7.84. The second kappa shape index (κ2) is 13.7. The molecule has 0 saturated carbocycles. The number of hydrogen-bond donors (Lipinski definition) is 2. The summed E-state index contributed by atoms with van der Waals surface area (Å²) >= 11 is 4.73. The van der Waals surface area contributed by atoms with Gasteiger partial charge in [0.05, 0.1) is 4.75 Å². The number of ketones is 1. The van der Waals surface area contributed by atoms with Gasteiger partial charge in [-0.15, -0.1) is 0 Å². The number of Topliss-reactive ketones (excluding diaryl/α,β-unsaturated/α-hetero) is 1. The van der Waals surface area contributed by atoms with Crippen LogP contribution in [0.3, 0.4) is 0 Å². The van der Waals surface area contributed by atoms with Crippen molar-refractivity contribution in [1.29, 1.82) is 0 Å². The molecule has 45 heavy (non-hydrogen) atoms. The van der Waals surface area contributed by atoms with Crippen LogP contribution in [0.15, 0.2) is 0 Å². The van der Waals surface area contributed by atoms with Crippen molar-refractivity contribution in [3.8, 4) is 0 Å². The Morgan fingerprint density at radius 3 is 1.07 bits per heavy atom. The van der Waals surface area contributed by atoms with Gasteiger partial charge in [-0.25, -0.2) is 0 Å². The molecule has 0 aromatic carbocycles. The number of carbonyl (C=O) groups is 1. The second-order valence-corrected chi connectivity index (χ2v) is 13.1. The summed E-state index contributed by atoms with van der Waals surface area (Å²) < 4.78 is 242. The van der Waals surface area contributed by atoms with Crippen molar-refractivity contribution in [2.75, 3.05) is 0 Å². The van der Waals surface area contributed by atoms with Crippen LogP contribution in [0.25, 0.3) is 0 Å². The second-order valence-electron chi connectivity index (χ2n) is 10.8. The number of thiol groups is 1. The first-order valence-corrected chi connectivity index (χ1v) is 14.1. The van der Waals surface area contributed by atoms with Crippen molar-refractivity contribution in [2.45, 2.75) is 125 Å². The molecule has 23 heteroatoms. The molecule has 4 nitrogen and oxygen atoms in total. The minimum atomic E-state index is -8.89. The van der Waals surface area contributed by atoms with Gasteiger partial charge in [0.15, 0.2) is 5.78 Å². The van der Waals surface area contributed by atoms with E-state index in [2.05, 4.69) is 13.8 Å². The Morgan fingerprint density at radius 2 is 0.844 bits per heavy atom. The van der Waals surface area contributed by atoms with E-state index in [1.54, 1.807) is 0 Å². The van der Waals surface area contributed by atoms with Crippen molar-refractivity contribution >= 4 is 28.5 Å². The Balaban J connectivity index is 0. The first-order valence-electron chi connectivity index (χ1n) is 12.2. The Kier molecular flexibility index (Phi) is 14.0. The van der Waals surface area contributed by atoms with Gasteiger partial charge in [-0.1, -0.05) is 60.3 Å². The molecular formula is C22H29F17O4S2. The van der Waals surface area contributed by atoms with E-state index in [-0.39, 0.29) is 5.41 Å². The highest BCUT2D eigenvalue weighted by molar-refractivity contribution is 7.87. The minimum Gasteiger partial charge on any atom is -0.298 e. The maximum Gasteiger partial charge on any atom is 0.460 e. The van der Waals surface area contributed by atoms with Crippen molar-refractivity contribution < 1.29 is 92.4 Å². The molecule has 0 heterocycles. The zero-order valence-electron chi connectivity index (χ0n) is 23.7. The quantitative estimate of drug-likeness (QED) is 0.106. The summed E-state index contributed by atoms with van der Waals surface area (Å²) in [7, 11) is -7.89. The maximum atomic E-state index is 13.0. The summed E-state index contributed by atoms with van der Waals surface area (Å²) in [6.45, 7) is 10.3. The average molecular weight is 745 g/mol. The van der Waals surface area contributed by atoms with E-state index in [4.69, 9.17) is 17.2 Å². The van der Waals surface area contributed by atoms with E-state index in [1.807, 2.05) is 20.8 Å². The lowest BCUT2D eigenvalue weighted by Gasteiger charge is -2.42. The van der Waals surface area contributed by atoms with Crippen LogP contribution in [0.2, 0.25) is 0 Å². The molecule has 0 aliphatic heterocycles. The highest BCUT2D eigenvalue weighted by atomic mass is 32.2. The van der Waals surface area contributed by atoms with Gasteiger partial charge >= 0.3 is 57.1 Å². The predicted molar refractivity (Wildman–Crippen MR) is 127 cm³/mol. The number of carbonyl (C=O) groups excluding carboxylic acids is 1. The van der Waals surface area contributed by atoms with E-state index in [0.29, 0.717) is 5.78 Å². The Hall–Kier alpha value is -1.26. The molecule has 0 aliphatic rings. The van der Waals surface area contributed by atoms with E-state index < -0.39 is 61.8 Å².